The summed E-state index contributed by atoms with van der Waals surface area (Å²) in [5.74, 6) is 0. The maximum Gasteiger partial charge on any atom is 0.329 e. The van der Waals surface area contributed by atoms with Crippen LogP contribution in [0.15, 0.2) is 18.7 Å². The van der Waals surface area contributed by atoms with Gasteiger partial charge in [0.15, 0.2) is 0 Å². The zero-order valence-electron chi connectivity index (χ0n) is 9.12. The molecule has 0 saturated carbocycles. The van der Waals surface area contributed by atoms with Crippen molar-refractivity contribution in [2.45, 2.75) is 0 Å². The van der Waals surface area contributed by atoms with Crippen LogP contribution < -0.4 is 0 Å². The predicted octanol–water partition coefficient (Wildman–Crippen LogP) is -0.539. The second-order valence-electron chi connectivity index (χ2n) is 3.80. The SMILES string of the molecule is O=C(N1CCN(CCO)CC1)n1ccnc1. The molecular formula is C10H16N4O2. The summed E-state index contributed by atoms with van der Waals surface area (Å²) < 4.78 is 1.49. The summed E-state index contributed by atoms with van der Waals surface area (Å²) in [5, 5.41) is 8.81. The number of carbonyl (C=O) groups excluding carboxylic acids is 1. The third-order valence-electron chi connectivity index (χ3n) is 2.78. The van der Waals surface area contributed by atoms with E-state index in [1.54, 1.807) is 17.3 Å². The molecule has 0 atom stereocenters. The van der Waals surface area contributed by atoms with Gasteiger partial charge in [-0.3, -0.25) is 9.47 Å². The van der Waals surface area contributed by atoms with Gasteiger partial charge in [0.2, 0.25) is 0 Å². The van der Waals surface area contributed by atoms with Gasteiger partial charge in [-0.2, -0.15) is 0 Å². The van der Waals surface area contributed by atoms with Crippen LogP contribution in [0, 0.1) is 0 Å². The Hall–Kier alpha value is -1.40. The number of aliphatic hydroxyl groups excluding tert-OH is 1. The highest BCUT2D eigenvalue weighted by molar-refractivity contribution is 5.76. The van der Waals surface area contributed by atoms with E-state index in [1.165, 1.54) is 10.9 Å². The molecule has 1 N–H and O–H groups in total. The Balaban J connectivity index is 1.87. The van der Waals surface area contributed by atoms with Gasteiger partial charge in [-0.1, -0.05) is 0 Å². The average molecular weight is 224 g/mol. The van der Waals surface area contributed by atoms with Gasteiger partial charge in [-0.25, -0.2) is 9.78 Å². The number of hydrogen-bond donors (Lipinski definition) is 1. The number of hydrogen-bond acceptors (Lipinski definition) is 4. The van der Waals surface area contributed by atoms with E-state index in [1.807, 2.05) is 0 Å². The quantitative estimate of drug-likeness (QED) is 0.733. The molecule has 0 aromatic carbocycles. The number of piperazine rings is 1. The summed E-state index contributed by atoms with van der Waals surface area (Å²) in [6, 6.07) is -0.0267. The molecule has 1 amide bonds. The third-order valence-corrected chi connectivity index (χ3v) is 2.78. The minimum Gasteiger partial charge on any atom is -0.395 e. The summed E-state index contributed by atoms with van der Waals surface area (Å²) >= 11 is 0. The van der Waals surface area contributed by atoms with Crippen molar-refractivity contribution >= 4 is 6.03 Å². The molecule has 16 heavy (non-hydrogen) atoms. The Kier molecular flexibility index (Phi) is 3.53. The van der Waals surface area contributed by atoms with Crippen LogP contribution in [0.2, 0.25) is 0 Å². The second-order valence-corrected chi connectivity index (χ2v) is 3.80. The van der Waals surface area contributed by atoms with Crippen molar-refractivity contribution in [3.63, 3.8) is 0 Å². The van der Waals surface area contributed by atoms with E-state index in [2.05, 4.69) is 9.88 Å². The van der Waals surface area contributed by atoms with E-state index >= 15 is 0 Å². The fraction of sp³-hybridized carbons (Fsp3) is 0.600. The Bertz CT molecular complexity index is 331. The molecule has 0 aliphatic carbocycles. The van der Waals surface area contributed by atoms with Crippen molar-refractivity contribution in [2.24, 2.45) is 0 Å². The van der Waals surface area contributed by atoms with E-state index < -0.39 is 0 Å². The van der Waals surface area contributed by atoms with Crippen LogP contribution in [0.1, 0.15) is 0 Å². The number of aromatic nitrogens is 2. The zero-order valence-corrected chi connectivity index (χ0v) is 9.12. The van der Waals surface area contributed by atoms with Crippen molar-refractivity contribution < 1.29 is 9.90 Å². The Morgan fingerprint density at radius 3 is 2.62 bits per heavy atom. The van der Waals surface area contributed by atoms with Crippen molar-refractivity contribution in [3.8, 4) is 0 Å². The van der Waals surface area contributed by atoms with Crippen molar-refractivity contribution in [1.82, 2.24) is 19.4 Å². The first-order valence-electron chi connectivity index (χ1n) is 5.41. The van der Waals surface area contributed by atoms with Crippen LogP contribution in [0.5, 0.6) is 0 Å². The lowest BCUT2D eigenvalue weighted by molar-refractivity contribution is 0.123. The summed E-state index contributed by atoms with van der Waals surface area (Å²) in [7, 11) is 0. The van der Waals surface area contributed by atoms with Crippen molar-refractivity contribution in [1.29, 1.82) is 0 Å². The highest BCUT2D eigenvalue weighted by Crippen LogP contribution is 2.03. The van der Waals surface area contributed by atoms with E-state index in [0.717, 1.165) is 13.1 Å². The maximum atomic E-state index is 11.9. The largest absolute Gasteiger partial charge is 0.395 e. The van der Waals surface area contributed by atoms with E-state index in [0.29, 0.717) is 19.6 Å². The Morgan fingerprint density at radius 2 is 2.06 bits per heavy atom. The smallest absolute Gasteiger partial charge is 0.329 e. The van der Waals surface area contributed by atoms with E-state index in [9.17, 15) is 4.79 Å². The van der Waals surface area contributed by atoms with Gasteiger partial charge in [0.25, 0.3) is 0 Å². The molecule has 1 aliphatic rings. The average Bonchev–Trinajstić information content (AvgIpc) is 2.83. The molecule has 0 radical (unpaired) electrons. The van der Waals surface area contributed by atoms with E-state index in [-0.39, 0.29) is 12.6 Å². The standard InChI is InChI=1S/C10H16N4O2/c15-8-7-12-3-5-13(6-4-12)10(16)14-2-1-11-9-14/h1-2,9,15H,3-8H2. The van der Waals surface area contributed by atoms with Gasteiger partial charge in [-0.15, -0.1) is 0 Å². The van der Waals surface area contributed by atoms with Gasteiger partial charge in [0.1, 0.15) is 6.33 Å². The summed E-state index contributed by atoms with van der Waals surface area (Å²) in [6.45, 7) is 3.92. The second kappa shape index (κ2) is 5.09. The fourth-order valence-electron chi connectivity index (χ4n) is 1.84. The number of amides is 1. The fourth-order valence-corrected chi connectivity index (χ4v) is 1.84. The van der Waals surface area contributed by atoms with Gasteiger partial charge in [0.05, 0.1) is 6.61 Å². The van der Waals surface area contributed by atoms with E-state index in [4.69, 9.17) is 5.11 Å². The molecule has 6 nitrogen and oxygen atoms in total. The summed E-state index contributed by atoms with van der Waals surface area (Å²) in [5.41, 5.74) is 0. The molecule has 1 saturated heterocycles. The topological polar surface area (TPSA) is 61.6 Å². The molecule has 1 aromatic rings. The molecule has 2 heterocycles. The summed E-state index contributed by atoms with van der Waals surface area (Å²) in [4.78, 5) is 19.7. The molecule has 0 unspecified atom stereocenters. The van der Waals surface area contributed by atoms with Crippen LogP contribution in [0.25, 0.3) is 0 Å². The maximum absolute atomic E-state index is 11.9. The van der Waals surface area contributed by atoms with Crippen LogP contribution in [-0.2, 0) is 0 Å². The highest BCUT2D eigenvalue weighted by atomic mass is 16.3. The molecule has 1 aliphatic heterocycles. The number of rotatable bonds is 2. The van der Waals surface area contributed by atoms with Crippen molar-refractivity contribution in [3.05, 3.63) is 18.7 Å². The molecule has 1 aromatic heterocycles. The Labute approximate surface area is 94.1 Å². The minimum atomic E-state index is -0.0267. The first-order chi connectivity index (χ1) is 7.81. The monoisotopic (exact) mass is 224 g/mol. The molecule has 1 fully saturated rings. The Morgan fingerprint density at radius 1 is 1.31 bits per heavy atom. The van der Waals surface area contributed by atoms with Crippen LogP contribution in [-0.4, -0.2) is 69.8 Å². The van der Waals surface area contributed by atoms with Gasteiger partial charge < -0.3 is 10.0 Å². The predicted molar refractivity (Wildman–Crippen MR) is 58.1 cm³/mol. The third kappa shape index (κ3) is 2.40. The van der Waals surface area contributed by atoms with Crippen LogP contribution >= 0.6 is 0 Å². The first-order valence-corrected chi connectivity index (χ1v) is 5.41. The molecule has 88 valence electrons. The first kappa shape index (κ1) is 11.1. The number of carbonyl (C=O) groups is 1. The lowest BCUT2D eigenvalue weighted by Gasteiger charge is -2.34. The summed E-state index contributed by atoms with van der Waals surface area (Å²) in [6.07, 6.45) is 4.77. The van der Waals surface area contributed by atoms with Crippen LogP contribution in [0.4, 0.5) is 4.79 Å². The number of β-amino-alcohol motifs (C(OH)–C–C–N with tert-alkyl or cyclic N) is 1. The number of aliphatic hydroxyl groups is 1. The zero-order chi connectivity index (χ0) is 11.4. The molecule has 0 spiro atoms. The van der Waals surface area contributed by atoms with Crippen LogP contribution in [0.3, 0.4) is 0 Å². The normalized spacial score (nSPS) is 17.7. The van der Waals surface area contributed by atoms with Gasteiger partial charge in [-0.05, 0) is 0 Å². The lowest BCUT2D eigenvalue weighted by Crippen LogP contribution is -2.50. The van der Waals surface area contributed by atoms with Crippen molar-refractivity contribution in [2.75, 3.05) is 39.3 Å². The molecule has 6 heteroatoms. The number of imidazole rings is 1. The molecular weight excluding hydrogens is 208 g/mol. The minimum absolute atomic E-state index is 0.0267. The lowest BCUT2D eigenvalue weighted by atomic mass is 10.3. The van der Waals surface area contributed by atoms with Gasteiger partial charge >= 0.3 is 6.03 Å². The molecule has 0 bridgehead atoms. The molecule has 2 rings (SSSR count). The van der Waals surface area contributed by atoms with Gasteiger partial charge in [0, 0.05) is 45.1 Å². The number of nitrogens with zero attached hydrogens (tertiary/aromatic N) is 4. The highest BCUT2D eigenvalue weighted by Gasteiger charge is 2.21.